The van der Waals surface area contributed by atoms with E-state index in [1.165, 1.54) is 16.7 Å². The monoisotopic (exact) mass is 491 g/mol. The number of ether oxygens (including phenoxy) is 1. The normalized spacial score (nSPS) is 25.7. The lowest BCUT2D eigenvalue weighted by Gasteiger charge is -2.41. The number of amides is 1. The number of aliphatic hydroxyl groups is 1. The average molecular weight is 492 g/mol. The maximum atomic E-state index is 13.4. The summed E-state index contributed by atoms with van der Waals surface area (Å²) in [5.74, 6) is 1.12. The van der Waals surface area contributed by atoms with Crippen molar-refractivity contribution in [1.29, 1.82) is 0 Å². The van der Waals surface area contributed by atoms with Crippen molar-refractivity contribution in [3.63, 3.8) is 0 Å². The van der Waals surface area contributed by atoms with Crippen LogP contribution < -0.4 is 4.74 Å². The fourth-order valence-corrected chi connectivity index (χ4v) is 6.10. The molecule has 0 radical (unpaired) electrons. The second-order valence-corrected chi connectivity index (χ2v) is 11.0. The minimum atomic E-state index is 0.0305. The summed E-state index contributed by atoms with van der Waals surface area (Å²) < 4.78 is 6.25. The largest absolute Gasteiger partial charge is 0.491 e. The highest BCUT2D eigenvalue weighted by Crippen LogP contribution is 2.37. The number of carbonyl (C=O) groups is 1. The Morgan fingerprint density at radius 1 is 0.833 bits per heavy atom. The van der Waals surface area contributed by atoms with E-state index in [-0.39, 0.29) is 17.9 Å². The molecule has 6 rings (SSSR count). The molecule has 0 spiro atoms. The van der Waals surface area contributed by atoms with E-state index in [4.69, 9.17) is 4.74 Å². The van der Waals surface area contributed by atoms with Crippen LogP contribution in [-0.4, -0.2) is 78.2 Å². The molecule has 1 saturated heterocycles. The molecule has 194 valence electrons. The van der Waals surface area contributed by atoms with Gasteiger partial charge in [-0.2, -0.15) is 0 Å². The topological polar surface area (TPSA) is 56.2 Å². The van der Waals surface area contributed by atoms with Crippen LogP contribution in [0.25, 0.3) is 0 Å². The molecule has 6 nitrogen and oxygen atoms in total. The Kier molecular flexibility index (Phi) is 8.25. The number of fused-ring (bicyclic) bond motifs is 10. The Bertz CT molecular complexity index is 1020. The molecule has 1 fully saturated rings. The molecule has 2 aromatic rings. The Morgan fingerprint density at radius 3 is 2.39 bits per heavy atom. The molecule has 4 aliphatic heterocycles. The number of hydrogen-bond donors (Lipinski definition) is 1. The molecule has 1 amide bonds. The van der Waals surface area contributed by atoms with Gasteiger partial charge in [0.1, 0.15) is 12.4 Å². The van der Waals surface area contributed by atoms with Crippen molar-refractivity contribution >= 4 is 5.91 Å². The third-order valence-corrected chi connectivity index (χ3v) is 8.54. The van der Waals surface area contributed by atoms with Gasteiger partial charge in [-0.15, -0.1) is 0 Å². The van der Waals surface area contributed by atoms with Crippen LogP contribution in [0.1, 0.15) is 48.8 Å². The third kappa shape index (κ3) is 6.10. The van der Waals surface area contributed by atoms with Crippen molar-refractivity contribution in [2.24, 2.45) is 5.41 Å². The standard InChI is InChI=1S/C30H41N3O3/c34-24-30-12-5-6-15-33(29(35)23-32-16-11-25-7-1-2-8-26(25)21-32)19-20-36-28-10-4-3-9-27(28)22-31(17-13-30)18-14-30/h1-4,7-10,34H,5-6,11-24H2. The van der Waals surface area contributed by atoms with Gasteiger partial charge in [-0.3, -0.25) is 14.6 Å². The first kappa shape index (κ1) is 25.2. The summed E-state index contributed by atoms with van der Waals surface area (Å²) in [6.45, 7) is 7.25. The summed E-state index contributed by atoms with van der Waals surface area (Å²) in [5.41, 5.74) is 3.98. The Hall–Kier alpha value is -2.41. The number of rotatable bonds is 3. The molecule has 2 aromatic carbocycles. The van der Waals surface area contributed by atoms with E-state index in [2.05, 4.69) is 46.2 Å². The van der Waals surface area contributed by atoms with Gasteiger partial charge < -0.3 is 14.7 Å². The Balaban J connectivity index is 1.26. The minimum absolute atomic E-state index is 0.0305. The number of piperidine rings is 1. The lowest BCUT2D eigenvalue weighted by molar-refractivity contribution is -0.133. The molecule has 4 heterocycles. The van der Waals surface area contributed by atoms with Crippen molar-refractivity contribution in [3.8, 4) is 5.75 Å². The van der Waals surface area contributed by atoms with Gasteiger partial charge in [-0.05, 0) is 67.8 Å². The van der Waals surface area contributed by atoms with Crippen molar-refractivity contribution < 1.29 is 14.6 Å². The van der Waals surface area contributed by atoms with Crippen molar-refractivity contribution in [2.75, 3.05) is 52.5 Å². The number of nitrogens with zero attached hydrogens (tertiary/aromatic N) is 3. The highest BCUT2D eigenvalue weighted by molar-refractivity contribution is 5.78. The molecule has 0 atom stereocenters. The highest BCUT2D eigenvalue weighted by Gasteiger charge is 2.34. The summed E-state index contributed by atoms with van der Waals surface area (Å²) in [4.78, 5) is 20.2. The van der Waals surface area contributed by atoms with E-state index >= 15 is 0 Å². The molecule has 4 aliphatic rings. The Morgan fingerprint density at radius 2 is 1.58 bits per heavy atom. The van der Waals surface area contributed by atoms with E-state index in [1.807, 2.05) is 17.0 Å². The first-order valence-corrected chi connectivity index (χ1v) is 13.7. The molecule has 1 N–H and O–H groups in total. The second kappa shape index (κ2) is 11.8. The first-order valence-electron chi connectivity index (χ1n) is 13.7. The quantitative estimate of drug-likeness (QED) is 0.710. The van der Waals surface area contributed by atoms with Crippen LogP contribution in [0, 0.1) is 5.41 Å². The van der Waals surface area contributed by atoms with Crippen molar-refractivity contribution in [2.45, 2.75) is 51.6 Å². The number of para-hydroxylation sites is 1. The van der Waals surface area contributed by atoms with E-state index in [9.17, 15) is 9.90 Å². The van der Waals surface area contributed by atoms with E-state index in [0.29, 0.717) is 19.7 Å². The van der Waals surface area contributed by atoms with Gasteiger partial charge in [0.05, 0.1) is 13.1 Å². The zero-order valence-corrected chi connectivity index (χ0v) is 21.5. The van der Waals surface area contributed by atoms with Crippen LogP contribution in [-0.2, 0) is 24.3 Å². The van der Waals surface area contributed by atoms with Crippen LogP contribution in [0.5, 0.6) is 5.75 Å². The third-order valence-electron chi connectivity index (χ3n) is 8.54. The van der Waals surface area contributed by atoms with E-state index < -0.39 is 0 Å². The number of hydrogen-bond acceptors (Lipinski definition) is 5. The molecule has 0 aromatic heterocycles. The van der Waals surface area contributed by atoms with Gasteiger partial charge in [0.2, 0.25) is 5.91 Å². The zero-order valence-electron chi connectivity index (χ0n) is 21.5. The molecule has 0 unspecified atom stereocenters. The molecule has 0 aliphatic carbocycles. The maximum Gasteiger partial charge on any atom is 0.236 e. The van der Waals surface area contributed by atoms with Gasteiger partial charge in [-0.1, -0.05) is 48.9 Å². The van der Waals surface area contributed by atoms with Gasteiger partial charge in [0.25, 0.3) is 0 Å². The average Bonchev–Trinajstić information content (AvgIpc) is 2.92. The molecule has 0 saturated carbocycles. The van der Waals surface area contributed by atoms with E-state index in [0.717, 1.165) is 83.5 Å². The summed E-state index contributed by atoms with van der Waals surface area (Å²) in [6.07, 6.45) is 6.12. The minimum Gasteiger partial charge on any atom is -0.491 e. The summed E-state index contributed by atoms with van der Waals surface area (Å²) in [6, 6.07) is 16.9. The molecular formula is C30H41N3O3. The summed E-state index contributed by atoms with van der Waals surface area (Å²) in [5, 5.41) is 10.3. The number of carbonyl (C=O) groups excluding carboxylic acids is 1. The fraction of sp³-hybridized carbons (Fsp3) is 0.567. The maximum absolute atomic E-state index is 13.4. The Labute approximate surface area is 215 Å². The molecular weight excluding hydrogens is 450 g/mol. The second-order valence-electron chi connectivity index (χ2n) is 11.0. The summed E-state index contributed by atoms with van der Waals surface area (Å²) >= 11 is 0. The number of aliphatic hydroxyl groups excluding tert-OH is 1. The van der Waals surface area contributed by atoms with Gasteiger partial charge in [0.15, 0.2) is 0 Å². The smallest absolute Gasteiger partial charge is 0.236 e. The van der Waals surface area contributed by atoms with Crippen molar-refractivity contribution in [1.82, 2.24) is 14.7 Å². The lowest BCUT2D eigenvalue weighted by Crippen LogP contribution is -2.44. The fourth-order valence-electron chi connectivity index (χ4n) is 6.10. The SMILES string of the molecule is O=C(CN1CCc2ccccc2C1)N1CCCCC2(CO)CCN(CC2)Cc2ccccc2OCC1. The van der Waals surface area contributed by atoms with Crippen LogP contribution in [0.15, 0.2) is 48.5 Å². The van der Waals surface area contributed by atoms with Crippen LogP contribution >= 0.6 is 0 Å². The van der Waals surface area contributed by atoms with Gasteiger partial charge in [0, 0.05) is 38.3 Å². The lowest BCUT2D eigenvalue weighted by atomic mass is 9.75. The van der Waals surface area contributed by atoms with Crippen LogP contribution in [0.4, 0.5) is 0 Å². The van der Waals surface area contributed by atoms with Gasteiger partial charge >= 0.3 is 0 Å². The first-order chi connectivity index (χ1) is 17.6. The molecule has 2 bridgehead atoms. The number of benzene rings is 2. The van der Waals surface area contributed by atoms with Crippen LogP contribution in [0.3, 0.4) is 0 Å². The van der Waals surface area contributed by atoms with Gasteiger partial charge in [-0.25, -0.2) is 0 Å². The summed E-state index contributed by atoms with van der Waals surface area (Å²) in [7, 11) is 0. The van der Waals surface area contributed by atoms with E-state index in [1.54, 1.807) is 0 Å². The predicted octanol–water partition coefficient (Wildman–Crippen LogP) is 3.71. The van der Waals surface area contributed by atoms with Crippen LogP contribution in [0.2, 0.25) is 0 Å². The predicted molar refractivity (Wildman–Crippen MR) is 142 cm³/mol. The molecule has 36 heavy (non-hydrogen) atoms. The molecule has 6 heteroatoms. The zero-order chi connectivity index (χ0) is 24.8. The highest BCUT2D eigenvalue weighted by atomic mass is 16.5. The van der Waals surface area contributed by atoms with Crippen molar-refractivity contribution in [3.05, 3.63) is 65.2 Å².